The van der Waals surface area contributed by atoms with Crippen LogP contribution >= 0.6 is 17.4 Å². The van der Waals surface area contributed by atoms with Crippen LogP contribution in [-0.4, -0.2) is 12.8 Å². The zero-order valence-corrected chi connectivity index (χ0v) is 28.1. The van der Waals surface area contributed by atoms with E-state index in [2.05, 4.69) is 139 Å². The highest BCUT2D eigenvalue weighted by molar-refractivity contribution is 7.58. The minimum absolute atomic E-state index is 0.0117. The van der Waals surface area contributed by atoms with Crippen LogP contribution in [0.4, 0.5) is 0 Å². The van der Waals surface area contributed by atoms with Gasteiger partial charge in [0.15, 0.2) is 0 Å². The molecule has 0 spiro atoms. The van der Waals surface area contributed by atoms with Crippen molar-refractivity contribution in [3.05, 3.63) is 105 Å². The van der Waals surface area contributed by atoms with Gasteiger partial charge in [-0.15, -0.1) is 9.24 Å². The van der Waals surface area contributed by atoms with E-state index in [1.807, 2.05) is 0 Å². The number of ether oxygens (including phenoxy) is 1. The van der Waals surface area contributed by atoms with Crippen LogP contribution < -0.4 is 0 Å². The van der Waals surface area contributed by atoms with Gasteiger partial charge in [0.05, 0.1) is 10.7 Å². The zero-order chi connectivity index (χ0) is 29.3. The lowest BCUT2D eigenvalue weighted by Crippen LogP contribution is -2.28. The third-order valence-corrected chi connectivity index (χ3v) is 12.7. The summed E-state index contributed by atoms with van der Waals surface area (Å²) in [6, 6.07) is 21.7. The van der Waals surface area contributed by atoms with Crippen molar-refractivity contribution in [1.82, 2.24) is 0 Å². The SMILES string of the molecule is CC1=C(C2=C(C)C3(C)CP2OC(C(C)(C)C)=C3c2ccccc2)OCC1(C)C(=C(P)C(C)(C)C)c1ccccc1. The third-order valence-electron chi connectivity index (χ3n) is 9.20. The fourth-order valence-corrected chi connectivity index (χ4v) is 9.91. The Morgan fingerprint density at radius 3 is 1.98 bits per heavy atom. The highest BCUT2D eigenvalue weighted by Crippen LogP contribution is 2.73. The Balaban J connectivity index is 1.69. The lowest BCUT2D eigenvalue weighted by Gasteiger charge is -2.40. The number of hydrogen-bond donors (Lipinski definition) is 0. The summed E-state index contributed by atoms with van der Waals surface area (Å²) in [6.07, 6.45) is 1.00. The number of benzene rings is 2. The summed E-state index contributed by atoms with van der Waals surface area (Å²) in [5, 5.41) is 2.65. The molecule has 4 unspecified atom stereocenters. The highest BCUT2D eigenvalue weighted by Gasteiger charge is 2.55. The molecule has 4 atom stereocenters. The first kappa shape index (κ1) is 29.4. The van der Waals surface area contributed by atoms with Crippen LogP contribution in [0.5, 0.6) is 0 Å². The lowest BCUT2D eigenvalue weighted by atomic mass is 9.70. The van der Waals surface area contributed by atoms with E-state index < -0.39 is 8.15 Å². The molecular formula is C36H46O2P2. The van der Waals surface area contributed by atoms with Gasteiger partial charge in [-0.3, -0.25) is 0 Å². The third kappa shape index (κ3) is 4.64. The van der Waals surface area contributed by atoms with E-state index in [1.165, 1.54) is 44.0 Å². The van der Waals surface area contributed by atoms with Crippen molar-refractivity contribution < 1.29 is 9.26 Å². The molecule has 0 saturated heterocycles. The lowest BCUT2D eigenvalue weighted by molar-refractivity contribution is 0.208. The Morgan fingerprint density at radius 1 is 0.850 bits per heavy atom. The minimum Gasteiger partial charge on any atom is -0.492 e. The van der Waals surface area contributed by atoms with E-state index in [0.29, 0.717) is 6.61 Å². The quantitative estimate of drug-likeness (QED) is 0.339. The maximum Gasteiger partial charge on any atom is 0.130 e. The summed E-state index contributed by atoms with van der Waals surface area (Å²) in [6.45, 7) is 23.8. The van der Waals surface area contributed by atoms with Crippen LogP contribution in [-0.2, 0) is 9.26 Å². The molecule has 3 aliphatic heterocycles. The van der Waals surface area contributed by atoms with E-state index in [-0.39, 0.29) is 21.7 Å². The Morgan fingerprint density at radius 2 is 1.43 bits per heavy atom. The number of rotatable bonds is 4. The van der Waals surface area contributed by atoms with Gasteiger partial charge in [-0.1, -0.05) is 109 Å². The molecule has 2 aromatic rings. The summed E-state index contributed by atoms with van der Waals surface area (Å²) >= 11 is 0. The maximum absolute atomic E-state index is 7.09. The highest BCUT2D eigenvalue weighted by atomic mass is 31.1. The van der Waals surface area contributed by atoms with Crippen molar-refractivity contribution in [1.29, 1.82) is 0 Å². The minimum atomic E-state index is -0.840. The van der Waals surface area contributed by atoms with Crippen LogP contribution in [0.15, 0.2) is 94.0 Å². The summed E-state index contributed by atoms with van der Waals surface area (Å²) in [5.74, 6) is 2.20. The molecule has 0 amide bonds. The van der Waals surface area contributed by atoms with Gasteiger partial charge < -0.3 is 9.26 Å². The molecule has 0 saturated carbocycles. The van der Waals surface area contributed by atoms with Gasteiger partial charge in [-0.2, -0.15) is 0 Å². The summed E-state index contributed by atoms with van der Waals surface area (Å²) in [4.78, 5) is 0. The van der Waals surface area contributed by atoms with Gasteiger partial charge in [0, 0.05) is 22.6 Å². The molecule has 0 fully saturated rings. The molecule has 5 rings (SSSR count). The van der Waals surface area contributed by atoms with Crippen molar-refractivity contribution in [2.24, 2.45) is 21.7 Å². The zero-order valence-electron chi connectivity index (χ0n) is 26.0. The fraction of sp³-hybridized carbons (Fsp3) is 0.444. The number of allylic oxidation sites excluding steroid dienone is 5. The second kappa shape index (κ2) is 10.00. The molecule has 4 heteroatoms. The van der Waals surface area contributed by atoms with Crippen molar-refractivity contribution in [3.8, 4) is 0 Å². The van der Waals surface area contributed by atoms with E-state index in [1.54, 1.807) is 0 Å². The summed E-state index contributed by atoms with van der Waals surface area (Å²) in [7, 11) is 2.25. The normalized spacial score (nSPS) is 27.6. The number of fused-ring (bicyclic) bond motifs is 2. The van der Waals surface area contributed by atoms with Gasteiger partial charge in [0.25, 0.3) is 0 Å². The largest absolute Gasteiger partial charge is 0.492 e. The van der Waals surface area contributed by atoms with Crippen LogP contribution in [0, 0.1) is 21.7 Å². The second-order valence-corrected chi connectivity index (χ2v) is 16.5. The molecular weight excluding hydrogens is 526 g/mol. The summed E-state index contributed by atoms with van der Waals surface area (Å²) in [5.41, 5.74) is 7.53. The average Bonchev–Trinajstić information content (AvgIpc) is 3.28. The van der Waals surface area contributed by atoms with E-state index in [9.17, 15) is 0 Å². The monoisotopic (exact) mass is 572 g/mol. The van der Waals surface area contributed by atoms with Crippen LogP contribution in [0.2, 0.25) is 0 Å². The maximum atomic E-state index is 7.09. The predicted molar refractivity (Wildman–Crippen MR) is 176 cm³/mol. The second-order valence-electron chi connectivity index (χ2n) is 14.2. The van der Waals surface area contributed by atoms with Crippen molar-refractivity contribution in [2.75, 3.05) is 12.8 Å². The first-order chi connectivity index (χ1) is 18.6. The van der Waals surface area contributed by atoms with Crippen molar-refractivity contribution >= 4 is 28.5 Å². The van der Waals surface area contributed by atoms with Crippen LogP contribution in [0.25, 0.3) is 11.1 Å². The first-order valence-corrected chi connectivity index (χ1v) is 16.5. The van der Waals surface area contributed by atoms with Crippen LogP contribution in [0.3, 0.4) is 0 Å². The molecule has 3 aliphatic rings. The van der Waals surface area contributed by atoms with Crippen molar-refractivity contribution in [3.63, 3.8) is 0 Å². The van der Waals surface area contributed by atoms with Gasteiger partial charge >= 0.3 is 0 Å². The van der Waals surface area contributed by atoms with Gasteiger partial charge in [0.1, 0.15) is 26.3 Å². The van der Waals surface area contributed by atoms with Crippen LogP contribution in [0.1, 0.15) is 80.4 Å². The van der Waals surface area contributed by atoms with E-state index >= 15 is 0 Å². The van der Waals surface area contributed by atoms with E-state index in [4.69, 9.17) is 9.26 Å². The molecule has 3 heterocycles. The fourth-order valence-electron chi connectivity index (χ4n) is 6.47. The average molecular weight is 573 g/mol. The molecule has 2 bridgehead atoms. The molecule has 40 heavy (non-hydrogen) atoms. The molecule has 0 aliphatic carbocycles. The Kier molecular flexibility index (Phi) is 7.34. The molecule has 2 aromatic carbocycles. The first-order valence-electron chi connectivity index (χ1n) is 14.5. The van der Waals surface area contributed by atoms with Gasteiger partial charge in [-0.25, -0.2) is 0 Å². The number of hydrogen-bond acceptors (Lipinski definition) is 2. The molecule has 2 nitrogen and oxygen atoms in total. The Hall–Kier alpha value is -2.14. The molecule has 212 valence electrons. The molecule has 0 N–H and O–H groups in total. The predicted octanol–water partition coefficient (Wildman–Crippen LogP) is 10.8. The van der Waals surface area contributed by atoms with E-state index in [0.717, 1.165) is 17.7 Å². The smallest absolute Gasteiger partial charge is 0.130 e. The Labute approximate surface area is 246 Å². The standard InChI is InChI=1S/C36H46O2P2/c1-23-29(37-21-35(23,9)28(32(39)34(6,7)8)26-19-15-12-16-20-26)30-24(2)36(10)22-40(30)38-31(33(3,4)5)27(36)25-17-13-11-14-18-25/h11-20H,21-22,39H2,1-10H3. The van der Waals surface area contributed by atoms with Gasteiger partial charge in [0.2, 0.25) is 0 Å². The van der Waals surface area contributed by atoms with Crippen molar-refractivity contribution in [2.45, 2.75) is 69.2 Å². The summed E-state index contributed by atoms with van der Waals surface area (Å²) < 4.78 is 13.9. The Bertz CT molecular complexity index is 1450. The molecule has 0 radical (unpaired) electrons. The molecule has 0 aromatic heterocycles. The topological polar surface area (TPSA) is 18.5 Å². The van der Waals surface area contributed by atoms with Gasteiger partial charge in [-0.05, 0) is 59.3 Å².